The second-order valence-corrected chi connectivity index (χ2v) is 4.49. The number of ether oxygens (including phenoxy) is 1. The highest BCUT2D eigenvalue weighted by Gasteiger charge is 2.10. The maximum absolute atomic E-state index is 11.9. The molecule has 0 aliphatic heterocycles. The Balaban J connectivity index is 2.00. The van der Waals surface area contributed by atoms with Gasteiger partial charge in [-0.1, -0.05) is 23.7 Å². The highest BCUT2D eigenvalue weighted by atomic mass is 35.5. The number of rotatable bonds is 5. The van der Waals surface area contributed by atoms with Crippen molar-refractivity contribution in [2.24, 2.45) is 5.73 Å². The molecule has 2 aromatic carbocycles. The number of halogens is 1. The Kier molecular flexibility index (Phi) is 4.38. The minimum atomic E-state index is -0.510. The van der Waals surface area contributed by atoms with Crippen molar-refractivity contribution in [3.05, 3.63) is 64.7 Å². The summed E-state index contributed by atoms with van der Waals surface area (Å²) in [6.07, 6.45) is 0. The van der Waals surface area contributed by atoms with Gasteiger partial charge in [0.1, 0.15) is 5.75 Å². The van der Waals surface area contributed by atoms with Crippen molar-refractivity contribution in [1.82, 2.24) is 0 Å². The molecular weight excluding hydrogens is 278 g/mol. The molecule has 4 nitrogen and oxygen atoms in total. The van der Waals surface area contributed by atoms with E-state index in [0.29, 0.717) is 21.9 Å². The molecule has 0 saturated carbocycles. The molecule has 1 amide bonds. The number of ketones is 1. The van der Waals surface area contributed by atoms with E-state index in [1.165, 1.54) is 12.1 Å². The van der Waals surface area contributed by atoms with Gasteiger partial charge in [0.05, 0.1) is 5.02 Å². The lowest BCUT2D eigenvalue weighted by Gasteiger charge is -2.07. The van der Waals surface area contributed by atoms with Gasteiger partial charge in [0, 0.05) is 11.1 Å². The summed E-state index contributed by atoms with van der Waals surface area (Å²) in [4.78, 5) is 22.8. The van der Waals surface area contributed by atoms with E-state index in [4.69, 9.17) is 22.1 Å². The maximum Gasteiger partial charge on any atom is 0.248 e. The van der Waals surface area contributed by atoms with Crippen molar-refractivity contribution in [2.45, 2.75) is 0 Å². The summed E-state index contributed by atoms with van der Waals surface area (Å²) < 4.78 is 5.35. The molecule has 5 heteroatoms. The third kappa shape index (κ3) is 3.36. The molecule has 0 spiro atoms. The maximum atomic E-state index is 11.9. The average Bonchev–Trinajstić information content (AvgIpc) is 2.45. The van der Waals surface area contributed by atoms with Crippen LogP contribution in [-0.4, -0.2) is 18.3 Å². The van der Waals surface area contributed by atoms with Crippen LogP contribution < -0.4 is 10.5 Å². The fourth-order valence-corrected chi connectivity index (χ4v) is 1.87. The molecule has 2 rings (SSSR count). The van der Waals surface area contributed by atoms with Crippen molar-refractivity contribution in [1.29, 1.82) is 0 Å². The first-order valence-electron chi connectivity index (χ1n) is 5.88. The zero-order chi connectivity index (χ0) is 14.5. The Bertz CT molecular complexity index is 638. The van der Waals surface area contributed by atoms with Gasteiger partial charge in [0.15, 0.2) is 6.61 Å². The molecule has 0 unspecified atom stereocenters. The van der Waals surface area contributed by atoms with Crippen LogP contribution in [0.4, 0.5) is 0 Å². The Morgan fingerprint density at radius 3 is 2.30 bits per heavy atom. The molecule has 0 aliphatic carbocycles. The number of amides is 1. The zero-order valence-electron chi connectivity index (χ0n) is 10.5. The van der Waals surface area contributed by atoms with Gasteiger partial charge in [0.25, 0.3) is 0 Å². The quantitative estimate of drug-likeness (QED) is 0.860. The van der Waals surface area contributed by atoms with Crippen LogP contribution in [0.25, 0.3) is 0 Å². The first-order chi connectivity index (χ1) is 9.58. The van der Waals surface area contributed by atoms with Crippen LogP contribution >= 0.6 is 11.6 Å². The van der Waals surface area contributed by atoms with Crippen molar-refractivity contribution in [3.63, 3.8) is 0 Å². The Hall–Kier alpha value is -2.33. The second-order valence-electron chi connectivity index (χ2n) is 4.08. The van der Waals surface area contributed by atoms with Crippen LogP contribution in [0.3, 0.4) is 0 Å². The van der Waals surface area contributed by atoms with Crippen molar-refractivity contribution in [2.75, 3.05) is 6.61 Å². The fraction of sp³-hybridized carbons (Fsp3) is 0.0667. The van der Waals surface area contributed by atoms with E-state index < -0.39 is 5.91 Å². The molecule has 2 aromatic rings. The summed E-state index contributed by atoms with van der Waals surface area (Å²) >= 11 is 5.93. The number of benzene rings is 2. The number of nitrogens with two attached hydrogens (primary N) is 1. The standard InChI is InChI=1S/C15H12ClNO3/c16-13-4-2-1-3-12(13)14(18)9-20-11-7-5-10(6-8-11)15(17)19/h1-8H,9H2,(H2,17,19). The van der Waals surface area contributed by atoms with Gasteiger partial charge in [-0.15, -0.1) is 0 Å². The molecule has 0 heterocycles. The highest BCUT2D eigenvalue weighted by Crippen LogP contribution is 2.17. The number of carbonyl (C=O) groups excluding carboxylic acids is 2. The monoisotopic (exact) mass is 289 g/mol. The highest BCUT2D eigenvalue weighted by molar-refractivity contribution is 6.34. The molecule has 0 atom stereocenters. The predicted octanol–water partition coefficient (Wildman–Crippen LogP) is 2.70. The van der Waals surface area contributed by atoms with Gasteiger partial charge in [-0.25, -0.2) is 0 Å². The number of primary amides is 1. The van der Waals surface area contributed by atoms with Gasteiger partial charge in [0.2, 0.25) is 11.7 Å². The lowest BCUT2D eigenvalue weighted by atomic mass is 10.1. The molecular formula is C15H12ClNO3. The Labute approximate surface area is 121 Å². The van der Waals surface area contributed by atoms with E-state index in [2.05, 4.69) is 0 Å². The predicted molar refractivity (Wildman–Crippen MR) is 76.2 cm³/mol. The molecule has 0 fully saturated rings. The molecule has 0 radical (unpaired) electrons. The van der Waals surface area contributed by atoms with Crippen LogP contribution in [0.5, 0.6) is 5.75 Å². The van der Waals surface area contributed by atoms with E-state index >= 15 is 0 Å². The van der Waals surface area contributed by atoms with E-state index in [9.17, 15) is 9.59 Å². The molecule has 2 N–H and O–H groups in total. The molecule has 102 valence electrons. The average molecular weight is 290 g/mol. The summed E-state index contributed by atoms with van der Waals surface area (Å²) in [5.74, 6) is -0.242. The van der Waals surface area contributed by atoms with Gasteiger partial charge in [-0.3, -0.25) is 9.59 Å². The summed E-state index contributed by atoms with van der Waals surface area (Å²) in [5, 5.41) is 0.394. The van der Waals surface area contributed by atoms with E-state index in [-0.39, 0.29) is 12.4 Å². The van der Waals surface area contributed by atoms with Crippen LogP contribution in [0.2, 0.25) is 5.02 Å². The third-order valence-corrected chi connectivity index (χ3v) is 3.01. The normalized spacial score (nSPS) is 10.1. The van der Waals surface area contributed by atoms with Crippen LogP contribution in [0, 0.1) is 0 Å². The number of carbonyl (C=O) groups is 2. The van der Waals surface area contributed by atoms with Gasteiger partial charge in [-0.05, 0) is 36.4 Å². The SMILES string of the molecule is NC(=O)c1ccc(OCC(=O)c2ccccc2Cl)cc1. The lowest BCUT2D eigenvalue weighted by Crippen LogP contribution is -2.13. The van der Waals surface area contributed by atoms with Crippen molar-refractivity contribution in [3.8, 4) is 5.75 Å². The molecule has 0 aliphatic rings. The lowest BCUT2D eigenvalue weighted by molar-refractivity contribution is 0.0920. The molecule has 0 bridgehead atoms. The van der Waals surface area contributed by atoms with Gasteiger partial charge < -0.3 is 10.5 Å². The van der Waals surface area contributed by atoms with Crippen molar-refractivity contribution >= 4 is 23.3 Å². The van der Waals surface area contributed by atoms with Crippen LogP contribution in [-0.2, 0) is 0 Å². The van der Waals surface area contributed by atoms with E-state index in [1.54, 1.807) is 36.4 Å². The van der Waals surface area contributed by atoms with Crippen molar-refractivity contribution < 1.29 is 14.3 Å². The molecule has 0 aromatic heterocycles. The summed E-state index contributed by atoms with van der Waals surface area (Å²) in [5.41, 5.74) is 5.93. The summed E-state index contributed by atoms with van der Waals surface area (Å²) in [7, 11) is 0. The van der Waals surface area contributed by atoms with Crippen LogP contribution in [0.1, 0.15) is 20.7 Å². The smallest absolute Gasteiger partial charge is 0.248 e. The minimum Gasteiger partial charge on any atom is -0.485 e. The molecule has 20 heavy (non-hydrogen) atoms. The van der Waals surface area contributed by atoms with E-state index in [1.807, 2.05) is 0 Å². The zero-order valence-corrected chi connectivity index (χ0v) is 11.3. The topological polar surface area (TPSA) is 69.4 Å². The fourth-order valence-electron chi connectivity index (χ4n) is 1.63. The summed E-state index contributed by atoms with van der Waals surface area (Å²) in [6.45, 7) is -0.125. The minimum absolute atomic E-state index is 0.125. The number of hydrogen-bond donors (Lipinski definition) is 1. The second kappa shape index (κ2) is 6.21. The largest absolute Gasteiger partial charge is 0.485 e. The van der Waals surface area contributed by atoms with Gasteiger partial charge >= 0.3 is 0 Å². The Morgan fingerprint density at radius 1 is 1.05 bits per heavy atom. The first-order valence-corrected chi connectivity index (χ1v) is 6.26. The number of Topliss-reactive ketones (excluding diaryl/α,β-unsaturated/α-hetero) is 1. The van der Waals surface area contributed by atoms with Crippen LogP contribution in [0.15, 0.2) is 48.5 Å². The summed E-state index contributed by atoms with van der Waals surface area (Å²) in [6, 6.07) is 13.0. The van der Waals surface area contributed by atoms with Gasteiger partial charge in [-0.2, -0.15) is 0 Å². The van der Waals surface area contributed by atoms with E-state index in [0.717, 1.165) is 0 Å². The third-order valence-electron chi connectivity index (χ3n) is 2.68. The number of hydrogen-bond acceptors (Lipinski definition) is 3. The Morgan fingerprint density at radius 2 is 1.70 bits per heavy atom. The first kappa shape index (κ1) is 14.1. The molecule has 0 saturated heterocycles.